The molecule has 1 aliphatic heterocycles. The molecular weight excluding hydrogens is 328 g/mol. The van der Waals surface area contributed by atoms with Crippen molar-refractivity contribution in [2.24, 2.45) is 0 Å². The van der Waals surface area contributed by atoms with E-state index in [1.165, 1.54) is 28.7 Å². The van der Waals surface area contributed by atoms with Crippen molar-refractivity contribution < 1.29 is 18.3 Å². The lowest BCUT2D eigenvalue weighted by molar-refractivity contribution is 0.0697. The van der Waals surface area contributed by atoms with Gasteiger partial charge in [0.25, 0.3) is 10.0 Å². The smallest absolute Gasteiger partial charge is 0.337 e. The Kier molecular flexibility index (Phi) is 3.54. The Labute approximate surface area is 132 Å². The Morgan fingerprint density at radius 1 is 1.32 bits per heavy atom. The predicted molar refractivity (Wildman–Crippen MR) is 80.9 cm³/mol. The second-order valence-corrected chi connectivity index (χ2v) is 7.05. The molecule has 0 atom stereocenters. The van der Waals surface area contributed by atoms with Gasteiger partial charge in [-0.3, -0.25) is 9.29 Å². The van der Waals surface area contributed by atoms with E-state index < -0.39 is 16.0 Å². The first-order valence-electron chi connectivity index (χ1n) is 6.40. The lowest BCUT2D eigenvalue weighted by Gasteiger charge is -2.19. The third kappa shape index (κ3) is 2.32. The summed E-state index contributed by atoms with van der Waals surface area (Å²) in [5.74, 6) is -1.20. The zero-order valence-electron chi connectivity index (χ0n) is 11.2. The first kappa shape index (κ1) is 14.8. The third-order valence-corrected chi connectivity index (χ3v) is 5.61. The average molecular weight is 339 g/mol. The number of benzene rings is 1. The second kappa shape index (κ2) is 5.26. The van der Waals surface area contributed by atoms with Gasteiger partial charge in [-0.05, 0) is 36.2 Å². The Balaban J connectivity index is 2.05. The monoisotopic (exact) mass is 338 g/mol. The lowest BCUT2D eigenvalue weighted by atomic mass is 10.2. The van der Waals surface area contributed by atoms with E-state index in [0.29, 0.717) is 18.7 Å². The molecule has 3 rings (SSSR count). The van der Waals surface area contributed by atoms with Crippen molar-refractivity contribution in [2.45, 2.75) is 11.3 Å². The summed E-state index contributed by atoms with van der Waals surface area (Å²) in [6.07, 6.45) is 3.77. The van der Waals surface area contributed by atoms with Crippen LogP contribution in [0.25, 0.3) is 0 Å². The predicted octanol–water partition coefficient (Wildman–Crippen LogP) is 2.18. The summed E-state index contributed by atoms with van der Waals surface area (Å²) in [5, 5.41) is 8.84. The minimum absolute atomic E-state index is 0.0350. The van der Waals surface area contributed by atoms with Gasteiger partial charge in [-0.15, -0.1) is 0 Å². The molecule has 114 valence electrons. The van der Waals surface area contributed by atoms with E-state index in [9.17, 15) is 13.2 Å². The molecule has 0 amide bonds. The van der Waals surface area contributed by atoms with E-state index in [1.54, 1.807) is 12.3 Å². The molecule has 1 aliphatic rings. The van der Waals surface area contributed by atoms with Crippen LogP contribution in [0, 0.1) is 0 Å². The number of halogens is 1. The van der Waals surface area contributed by atoms with Crippen molar-refractivity contribution in [3.8, 4) is 0 Å². The summed E-state index contributed by atoms with van der Waals surface area (Å²) in [6.45, 7) is 0.321. The topological polar surface area (TPSA) is 87.6 Å². The maximum absolute atomic E-state index is 12.7. The van der Waals surface area contributed by atoms with Crippen LogP contribution in [0.2, 0.25) is 5.02 Å². The molecule has 2 heterocycles. The maximum Gasteiger partial charge on any atom is 0.337 e. The number of rotatable bonds is 3. The minimum atomic E-state index is -3.79. The fourth-order valence-electron chi connectivity index (χ4n) is 2.40. The maximum atomic E-state index is 12.7. The number of carboxylic acid groups (broad SMARTS) is 1. The molecule has 0 unspecified atom stereocenters. The minimum Gasteiger partial charge on any atom is -0.478 e. The number of anilines is 1. The SMILES string of the molecule is O=C(O)c1ccc(S(=O)(=O)N2CCc3cnccc32)cc1Cl. The number of carbonyl (C=O) groups is 1. The highest BCUT2D eigenvalue weighted by atomic mass is 35.5. The lowest BCUT2D eigenvalue weighted by Crippen LogP contribution is -2.29. The van der Waals surface area contributed by atoms with Crippen LogP contribution in [0.1, 0.15) is 15.9 Å². The summed E-state index contributed by atoms with van der Waals surface area (Å²) < 4.78 is 26.7. The molecule has 0 saturated heterocycles. The number of aromatic carboxylic acids is 1. The van der Waals surface area contributed by atoms with Crippen LogP contribution in [-0.2, 0) is 16.4 Å². The van der Waals surface area contributed by atoms with Gasteiger partial charge in [0.2, 0.25) is 0 Å². The summed E-state index contributed by atoms with van der Waals surface area (Å²) in [5.41, 5.74) is 1.32. The summed E-state index contributed by atoms with van der Waals surface area (Å²) in [7, 11) is -3.79. The molecule has 2 aromatic rings. The summed E-state index contributed by atoms with van der Waals surface area (Å²) in [6, 6.07) is 5.26. The normalized spacial score (nSPS) is 14.0. The molecule has 6 nitrogen and oxygen atoms in total. The van der Waals surface area contributed by atoms with Gasteiger partial charge in [-0.1, -0.05) is 11.6 Å². The summed E-state index contributed by atoms with van der Waals surface area (Å²) in [4.78, 5) is 14.9. The zero-order valence-corrected chi connectivity index (χ0v) is 12.8. The largest absolute Gasteiger partial charge is 0.478 e. The number of sulfonamides is 1. The average Bonchev–Trinajstić information content (AvgIpc) is 2.91. The van der Waals surface area contributed by atoms with Gasteiger partial charge in [0, 0.05) is 18.9 Å². The van der Waals surface area contributed by atoms with Crippen molar-refractivity contribution in [1.29, 1.82) is 0 Å². The van der Waals surface area contributed by atoms with Crippen LogP contribution in [0.3, 0.4) is 0 Å². The number of carboxylic acids is 1. The molecule has 0 radical (unpaired) electrons. The standard InChI is InChI=1S/C14H11ClN2O4S/c15-12-7-10(1-2-11(12)14(18)19)22(20,21)17-6-4-9-8-16-5-3-13(9)17/h1-3,5,7-8H,4,6H2,(H,18,19). The fraction of sp³-hybridized carbons (Fsp3) is 0.143. The van der Waals surface area contributed by atoms with Crippen molar-refractivity contribution in [2.75, 3.05) is 10.8 Å². The van der Waals surface area contributed by atoms with Crippen LogP contribution < -0.4 is 4.31 Å². The molecule has 0 bridgehead atoms. The van der Waals surface area contributed by atoms with Crippen molar-refractivity contribution >= 4 is 33.3 Å². The molecule has 0 spiro atoms. The number of nitrogens with zero attached hydrogens (tertiary/aromatic N) is 2. The number of aromatic nitrogens is 1. The van der Waals surface area contributed by atoms with E-state index in [-0.39, 0.29) is 15.5 Å². The fourth-order valence-corrected chi connectivity index (χ4v) is 4.26. The van der Waals surface area contributed by atoms with Crippen LogP contribution >= 0.6 is 11.6 Å². The zero-order chi connectivity index (χ0) is 15.9. The van der Waals surface area contributed by atoms with Gasteiger partial charge in [-0.2, -0.15) is 0 Å². The molecule has 22 heavy (non-hydrogen) atoms. The van der Waals surface area contributed by atoms with E-state index in [0.717, 1.165) is 5.56 Å². The highest BCUT2D eigenvalue weighted by molar-refractivity contribution is 7.92. The van der Waals surface area contributed by atoms with Crippen molar-refractivity contribution in [3.05, 3.63) is 52.8 Å². The number of hydrogen-bond donors (Lipinski definition) is 1. The quantitative estimate of drug-likeness (QED) is 0.926. The van der Waals surface area contributed by atoms with Gasteiger partial charge in [-0.25, -0.2) is 13.2 Å². The molecule has 1 aromatic carbocycles. The van der Waals surface area contributed by atoms with Gasteiger partial charge < -0.3 is 5.11 Å². The second-order valence-electron chi connectivity index (χ2n) is 4.78. The molecule has 0 fully saturated rings. The van der Waals surface area contributed by atoms with E-state index in [1.807, 2.05) is 0 Å². The molecule has 0 saturated carbocycles. The van der Waals surface area contributed by atoms with Gasteiger partial charge in [0.1, 0.15) is 0 Å². The first-order chi connectivity index (χ1) is 10.4. The Bertz CT molecular complexity index is 867. The Morgan fingerprint density at radius 3 is 2.77 bits per heavy atom. The van der Waals surface area contributed by atoms with Crippen LogP contribution in [-0.4, -0.2) is 31.0 Å². The molecular formula is C14H11ClN2O4S. The van der Waals surface area contributed by atoms with Crippen LogP contribution in [0.5, 0.6) is 0 Å². The molecule has 1 N–H and O–H groups in total. The van der Waals surface area contributed by atoms with Crippen LogP contribution in [0.4, 0.5) is 5.69 Å². The van der Waals surface area contributed by atoms with E-state index in [2.05, 4.69) is 4.98 Å². The molecule has 0 aliphatic carbocycles. The van der Waals surface area contributed by atoms with Gasteiger partial charge in [0.15, 0.2) is 0 Å². The molecule has 8 heteroatoms. The Hall–Kier alpha value is -2.12. The third-order valence-electron chi connectivity index (χ3n) is 3.49. The van der Waals surface area contributed by atoms with Crippen molar-refractivity contribution in [1.82, 2.24) is 4.98 Å². The summed E-state index contributed by atoms with van der Waals surface area (Å²) >= 11 is 5.86. The Morgan fingerprint density at radius 2 is 2.09 bits per heavy atom. The van der Waals surface area contributed by atoms with Crippen molar-refractivity contribution in [3.63, 3.8) is 0 Å². The highest BCUT2D eigenvalue weighted by Crippen LogP contribution is 2.33. The van der Waals surface area contributed by atoms with Gasteiger partial charge >= 0.3 is 5.97 Å². The highest BCUT2D eigenvalue weighted by Gasteiger charge is 2.31. The number of pyridine rings is 1. The van der Waals surface area contributed by atoms with E-state index >= 15 is 0 Å². The van der Waals surface area contributed by atoms with Crippen LogP contribution in [0.15, 0.2) is 41.6 Å². The van der Waals surface area contributed by atoms with E-state index in [4.69, 9.17) is 16.7 Å². The first-order valence-corrected chi connectivity index (χ1v) is 8.21. The number of fused-ring (bicyclic) bond motifs is 1. The molecule has 1 aromatic heterocycles. The number of hydrogen-bond acceptors (Lipinski definition) is 4. The van der Waals surface area contributed by atoms with Gasteiger partial charge in [0.05, 0.1) is 21.2 Å².